The summed E-state index contributed by atoms with van der Waals surface area (Å²) < 4.78 is 1.84. The first-order valence-corrected chi connectivity index (χ1v) is 6.45. The van der Waals surface area contributed by atoms with Crippen molar-refractivity contribution in [3.63, 3.8) is 0 Å². The van der Waals surface area contributed by atoms with E-state index in [1.807, 2.05) is 36.7 Å². The van der Waals surface area contributed by atoms with Crippen molar-refractivity contribution in [2.45, 2.75) is 6.92 Å². The van der Waals surface area contributed by atoms with E-state index in [1.165, 1.54) is 5.56 Å². The summed E-state index contributed by atoms with van der Waals surface area (Å²) in [5.74, 6) is -0.892. The summed E-state index contributed by atoms with van der Waals surface area (Å²) in [6.45, 7) is 2.05. The Morgan fingerprint density at radius 1 is 1.05 bits per heavy atom. The second-order valence-corrected chi connectivity index (χ2v) is 5.06. The molecular weight excluding hydrogens is 250 g/mol. The molecule has 0 aliphatic carbocycles. The minimum Gasteiger partial charge on any atom is -0.478 e. The van der Waals surface area contributed by atoms with Gasteiger partial charge in [-0.25, -0.2) is 4.79 Å². The zero-order chi connectivity index (χ0) is 14.3. The third-order valence-electron chi connectivity index (χ3n) is 3.60. The maximum atomic E-state index is 11.3. The summed E-state index contributed by atoms with van der Waals surface area (Å²) in [4.78, 5) is 11.3. The topological polar surface area (TPSA) is 42.2 Å². The number of rotatable bonds is 2. The first-order valence-electron chi connectivity index (χ1n) is 6.45. The summed E-state index contributed by atoms with van der Waals surface area (Å²) in [6.07, 6.45) is 1.66. The lowest BCUT2D eigenvalue weighted by Crippen LogP contribution is -1.94. The van der Waals surface area contributed by atoms with Crippen LogP contribution in [-0.4, -0.2) is 15.6 Å². The Labute approximate surface area is 117 Å². The van der Waals surface area contributed by atoms with Gasteiger partial charge in [-0.15, -0.1) is 0 Å². The molecule has 0 bridgehead atoms. The molecular formula is C17H15NO2. The Morgan fingerprint density at radius 3 is 2.35 bits per heavy atom. The lowest BCUT2D eigenvalue weighted by Gasteiger charge is -2.04. The molecule has 0 saturated carbocycles. The standard InChI is InChI=1S/C17H15NO2/c1-11-3-5-12(6-4-11)13-7-8-16-14(9-13)15(17(19)20)10-18(16)2/h3-10H,1-2H3,(H,19,20). The Morgan fingerprint density at radius 2 is 1.70 bits per heavy atom. The largest absolute Gasteiger partial charge is 0.478 e. The maximum absolute atomic E-state index is 11.3. The molecule has 0 unspecified atom stereocenters. The van der Waals surface area contributed by atoms with Gasteiger partial charge in [0.25, 0.3) is 0 Å². The average molecular weight is 265 g/mol. The van der Waals surface area contributed by atoms with Crippen LogP contribution in [0.5, 0.6) is 0 Å². The molecule has 0 spiro atoms. The van der Waals surface area contributed by atoms with Crippen LogP contribution in [-0.2, 0) is 7.05 Å². The SMILES string of the molecule is Cc1ccc(-c2ccc3c(c2)c(C(=O)O)cn3C)cc1. The van der Waals surface area contributed by atoms with Crippen molar-refractivity contribution in [1.82, 2.24) is 4.57 Å². The summed E-state index contributed by atoms with van der Waals surface area (Å²) in [6, 6.07) is 14.2. The smallest absolute Gasteiger partial charge is 0.337 e. The molecule has 1 N–H and O–H groups in total. The van der Waals surface area contributed by atoms with E-state index in [0.717, 1.165) is 22.0 Å². The highest BCUT2D eigenvalue weighted by Crippen LogP contribution is 2.27. The fourth-order valence-electron chi connectivity index (χ4n) is 2.49. The highest BCUT2D eigenvalue weighted by atomic mass is 16.4. The number of nitrogens with zero attached hydrogens (tertiary/aromatic N) is 1. The molecule has 1 heterocycles. The van der Waals surface area contributed by atoms with Crippen molar-refractivity contribution in [1.29, 1.82) is 0 Å². The van der Waals surface area contributed by atoms with Crippen LogP contribution < -0.4 is 0 Å². The van der Waals surface area contributed by atoms with E-state index < -0.39 is 5.97 Å². The molecule has 3 nitrogen and oxygen atoms in total. The van der Waals surface area contributed by atoms with Crippen LogP contribution in [0.3, 0.4) is 0 Å². The molecule has 0 aliphatic heterocycles. The number of carbonyl (C=O) groups is 1. The maximum Gasteiger partial charge on any atom is 0.337 e. The Hall–Kier alpha value is -2.55. The minimum atomic E-state index is -0.892. The van der Waals surface area contributed by atoms with Crippen LogP contribution in [0.15, 0.2) is 48.7 Å². The van der Waals surface area contributed by atoms with Crippen LogP contribution in [0.25, 0.3) is 22.0 Å². The molecule has 100 valence electrons. The molecule has 3 heteroatoms. The summed E-state index contributed by atoms with van der Waals surface area (Å²) in [5, 5.41) is 10.1. The lowest BCUT2D eigenvalue weighted by atomic mass is 10.0. The Balaban J connectivity index is 2.21. The normalized spacial score (nSPS) is 10.9. The number of carboxylic acid groups (broad SMARTS) is 1. The molecule has 1 aromatic heterocycles. The molecule has 0 aliphatic rings. The number of carboxylic acids is 1. The highest BCUT2D eigenvalue weighted by molar-refractivity contribution is 6.04. The van der Waals surface area contributed by atoms with Gasteiger partial charge < -0.3 is 9.67 Å². The van der Waals surface area contributed by atoms with Crippen LogP contribution in [0.2, 0.25) is 0 Å². The average Bonchev–Trinajstić information content (AvgIpc) is 2.77. The Bertz CT molecular complexity index is 798. The third-order valence-corrected chi connectivity index (χ3v) is 3.60. The minimum absolute atomic E-state index is 0.344. The van der Waals surface area contributed by atoms with E-state index in [1.54, 1.807) is 6.20 Å². The van der Waals surface area contributed by atoms with E-state index in [2.05, 4.69) is 24.3 Å². The molecule has 3 aromatic rings. The predicted molar refractivity (Wildman–Crippen MR) is 80.1 cm³/mol. The van der Waals surface area contributed by atoms with E-state index >= 15 is 0 Å². The van der Waals surface area contributed by atoms with Crippen molar-refractivity contribution >= 4 is 16.9 Å². The van der Waals surface area contributed by atoms with Crippen molar-refractivity contribution in [3.05, 3.63) is 59.8 Å². The van der Waals surface area contributed by atoms with E-state index in [4.69, 9.17) is 0 Å². The Kier molecular flexibility index (Phi) is 2.83. The number of hydrogen-bond donors (Lipinski definition) is 1. The van der Waals surface area contributed by atoms with Crippen LogP contribution >= 0.6 is 0 Å². The number of aromatic nitrogens is 1. The number of benzene rings is 2. The van der Waals surface area contributed by atoms with Gasteiger partial charge in [0.05, 0.1) is 5.56 Å². The van der Waals surface area contributed by atoms with Gasteiger partial charge in [-0.2, -0.15) is 0 Å². The zero-order valence-corrected chi connectivity index (χ0v) is 11.4. The van der Waals surface area contributed by atoms with Gasteiger partial charge in [0, 0.05) is 24.1 Å². The van der Waals surface area contributed by atoms with Crippen molar-refractivity contribution in [2.24, 2.45) is 7.05 Å². The van der Waals surface area contributed by atoms with E-state index in [-0.39, 0.29) is 0 Å². The third kappa shape index (κ3) is 1.97. The van der Waals surface area contributed by atoms with E-state index in [0.29, 0.717) is 5.56 Å². The zero-order valence-electron chi connectivity index (χ0n) is 11.4. The number of aryl methyl sites for hydroxylation is 2. The predicted octanol–water partition coefficient (Wildman–Crippen LogP) is 3.85. The molecule has 20 heavy (non-hydrogen) atoms. The van der Waals surface area contributed by atoms with Gasteiger partial charge in [-0.1, -0.05) is 35.9 Å². The fourth-order valence-corrected chi connectivity index (χ4v) is 2.49. The lowest BCUT2D eigenvalue weighted by molar-refractivity contribution is 0.0699. The van der Waals surface area contributed by atoms with Gasteiger partial charge >= 0.3 is 5.97 Å². The van der Waals surface area contributed by atoms with Crippen molar-refractivity contribution in [2.75, 3.05) is 0 Å². The second-order valence-electron chi connectivity index (χ2n) is 5.06. The quantitative estimate of drug-likeness (QED) is 0.764. The first kappa shape index (κ1) is 12.5. The van der Waals surface area contributed by atoms with Gasteiger partial charge in [0.1, 0.15) is 0 Å². The molecule has 0 amide bonds. The summed E-state index contributed by atoms with van der Waals surface area (Å²) >= 11 is 0. The van der Waals surface area contributed by atoms with Gasteiger partial charge in [0.2, 0.25) is 0 Å². The second kappa shape index (κ2) is 4.53. The molecule has 0 atom stereocenters. The van der Waals surface area contributed by atoms with Crippen LogP contribution in [0, 0.1) is 6.92 Å². The highest BCUT2D eigenvalue weighted by Gasteiger charge is 2.13. The van der Waals surface area contributed by atoms with E-state index in [9.17, 15) is 9.90 Å². The fraction of sp³-hybridized carbons (Fsp3) is 0.118. The summed E-state index contributed by atoms with van der Waals surface area (Å²) in [7, 11) is 1.86. The number of fused-ring (bicyclic) bond motifs is 1. The molecule has 0 radical (unpaired) electrons. The molecule has 3 rings (SSSR count). The monoisotopic (exact) mass is 265 g/mol. The number of aromatic carboxylic acids is 1. The molecule has 2 aromatic carbocycles. The number of hydrogen-bond acceptors (Lipinski definition) is 1. The molecule has 0 saturated heterocycles. The van der Waals surface area contributed by atoms with Crippen LogP contribution in [0.4, 0.5) is 0 Å². The van der Waals surface area contributed by atoms with Gasteiger partial charge in [-0.3, -0.25) is 0 Å². The van der Waals surface area contributed by atoms with Crippen molar-refractivity contribution < 1.29 is 9.90 Å². The molecule has 0 fully saturated rings. The van der Waals surface area contributed by atoms with Gasteiger partial charge in [-0.05, 0) is 30.2 Å². The van der Waals surface area contributed by atoms with Crippen molar-refractivity contribution in [3.8, 4) is 11.1 Å². The first-order chi connectivity index (χ1) is 9.56. The van der Waals surface area contributed by atoms with Gasteiger partial charge in [0.15, 0.2) is 0 Å². The van der Waals surface area contributed by atoms with Crippen LogP contribution in [0.1, 0.15) is 15.9 Å². The summed E-state index contributed by atoms with van der Waals surface area (Å²) in [5.41, 5.74) is 4.61.